The van der Waals surface area contributed by atoms with Crippen LogP contribution in [0.1, 0.15) is 93.4 Å². The third-order valence-corrected chi connectivity index (χ3v) is 20.2. The van der Waals surface area contributed by atoms with Crippen LogP contribution in [0, 0.1) is 36.3 Å². The van der Waals surface area contributed by atoms with Gasteiger partial charge in [0.15, 0.2) is 11.6 Å². The molecule has 0 radical (unpaired) electrons. The minimum Gasteiger partial charge on any atom is -0.508 e. The second kappa shape index (κ2) is 20.0. The Morgan fingerprint density at radius 1 is 0.624 bits per heavy atom. The summed E-state index contributed by atoms with van der Waals surface area (Å²) in [6, 6.07) is 16.0. The molecule has 8 fully saturated rings. The van der Waals surface area contributed by atoms with Crippen LogP contribution in [0.5, 0.6) is 23.5 Å². The van der Waals surface area contributed by atoms with E-state index in [9.17, 15) is 14.6 Å². The number of anilines is 2. The molecule has 12 heterocycles. The lowest BCUT2D eigenvalue weighted by molar-refractivity contribution is 0.0848. The molecular formula is C66H63F3N12O4. The second-order valence-electron chi connectivity index (χ2n) is 25.2. The molecule has 4 aromatic heterocycles. The fourth-order valence-electron chi connectivity index (χ4n) is 16.4. The number of hydrogen-bond acceptors (Lipinski definition) is 16. The van der Waals surface area contributed by atoms with Gasteiger partial charge in [-0.1, -0.05) is 17.9 Å². The standard InChI is InChI=1S/C66H63F3N12O4/c1-3-46-52(68)12-7-36-19-44(82)22-48(57(36)46)37-20-54-59(70-27-37)61(78-30-40-8-9-41(31-78)72-40)76-63(74-54)84-34-65-14-6-18-81(65)56(13-16-65)50-25-53(69)47(4-2)58-49(23-45(83)24-51(50)58)38-21-55-60(71-28-38)62(79-32-42-10-11-43(33-79)73-42)77-64(75-55)85-35-66-15-5-17-80(66)29-39(67)26-66/h1-2,7,12,19-25,27-28,39-43,56,72-73,82-83H,5-6,8-11,13-18,26,29-35H2/t39-,40?,41?,42?,43?,56?,65?,66+/m1/s1. The van der Waals surface area contributed by atoms with E-state index >= 15 is 8.78 Å². The summed E-state index contributed by atoms with van der Waals surface area (Å²) >= 11 is 0. The average Bonchev–Trinajstić information content (AvgIpc) is 2.61. The lowest BCUT2D eigenvalue weighted by Crippen LogP contribution is -2.51. The molecule has 19 heteroatoms. The van der Waals surface area contributed by atoms with Crippen molar-refractivity contribution in [1.82, 2.24) is 50.3 Å². The molecule has 8 aliphatic rings. The van der Waals surface area contributed by atoms with E-state index in [2.05, 4.69) is 42.1 Å². The van der Waals surface area contributed by atoms with E-state index in [1.165, 1.54) is 6.07 Å². The van der Waals surface area contributed by atoms with Crippen LogP contribution in [0.2, 0.25) is 0 Å². The van der Waals surface area contributed by atoms with Crippen molar-refractivity contribution in [3.05, 3.63) is 95.3 Å². The smallest absolute Gasteiger partial charge is 0.319 e. The predicted molar refractivity (Wildman–Crippen MR) is 319 cm³/mol. The molecule has 8 atom stereocenters. The monoisotopic (exact) mass is 1140 g/mol. The van der Waals surface area contributed by atoms with Crippen molar-refractivity contribution < 1.29 is 32.9 Å². The van der Waals surface area contributed by atoms with Gasteiger partial charge in [0.25, 0.3) is 0 Å². The summed E-state index contributed by atoms with van der Waals surface area (Å²) in [5.41, 5.74) is 4.41. The maximum atomic E-state index is 17.1. The fourth-order valence-corrected chi connectivity index (χ4v) is 16.4. The number of nitrogens with one attached hydrogen (secondary N) is 2. The number of nitrogens with zero attached hydrogens (tertiary/aromatic N) is 10. The van der Waals surface area contributed by atoms with Gasteiger partial charge in [0, 0.05) is 104 Å². The first-order valence-electron chi connectivity index (χ1n) is 30.1. The number of pyridine rings is 2. The molecule has 16 rings (SSSR count). The van der Waals surface area contributed by atoms with Crippen LogP contribution in [0.4, 0.5) is 24.8 Å². The maximum Gasteiger partial charge on any atom is 0.319 e. The summed E-state index contributed by atoms with van der Waals surface area (Å²) in [5.74, 6) is 5.42. The quantitative estimate of drug-likeness (QED) is 0.0902. The number of alkyl halides is 1. The van der Waals surface area contributed by atoms with Gasteiger partial charge >= 0.3 is 12.0 Å². The number of aromatic nitrogens is 6. The van der Waals surface area contributed by atoms with Crippen molar-refractivity contribution in [2.45, 2.75) is 118 Å². The molecule has 0 spiro atoms. The van der Waals surface area contributed by atoms with E-state index in [0.717, 1.165) is 97.1 Å². The van der Waals surface area contributed by atoms with Gasteiger partial charge in [-0.3, -0.25) is 19.8 Å². The zero-order valence-electron chi connectivity index (χ0n) is 46.9. The molecule has 432 valence electrons. The van der Waals surface area contributed by atoms with E-state index < -0.39 is 28.9 Å². The van der Waals surface area contributed by atoms with Gasteiger partial charge in [-0.15, -0.1) is 12.8 Å². The average molecular weight is 1150 g/mol. The summed E-state index contributed by atoms with van der Waals surface area (Å²) in [4.78, 5) is 39.4. The van der Waals surface area contributed by atoms with E-state index in [1.54, 1.807) is 48.8 Å². The van der Waals surface area contributed by atoms with Crippen molar-refractivity contribution in [3.8, 4) is 70.5 Å². The number of hydrogen-bond donors (Lipinski definition) is 4. The molecule has 8 aromatic rings. The molecule has 0 amide bonds. The summed E-state index contributed by atoms with van der Waals surface area (Å²) in [6.45, 7) is 5.44. The van der Waals surface area contributed by atoms with Crippen LogP contribution < -0.4 is 29.9 Å². The Balaban J connectivity index is 0.746. The highest BCUT2D eigenvalue weighted by molar-refractivity contribution is 6.05. The minimum atomic E-state index is -0.907. The fraction of sp³-hybridized carbons (Fsp3) is 0.424. The van der Waals surface area contributed by atoms with Gasteiger partial charge in [0.05, 0.1) is 33.2 Å². The molecule has 8 aliphatic heterocycles. The zero-order valence-corrected chi connectivity index (χ0v) is 46.9. The molecule has 4 aromatic carbocycles. The van der Waals surface area contributed by atoms with Crippen LogP contribution in [-0.2, 0) is 0 Å². The van der Waals surface area contributed by atoms with E-state index in [-0.39, 0.29) is 53.9 Å². The van der Waals surface area contributed by atoms with E-state index in [0.29, 0.717) is 127 Å². The number of aromatic hydroxyl groups is 2. The molecule has 0 saturated carbocycles. The third kappa shape index (κ3) is 8.74. The van der Waals surface area contributed by atoms with Crippen LogP contribution in [-0.4, -0.2) is 150 Å². The number of rotatable bonds is 11. The Bertz CT molecular complexity index is 4170. The van der Waals surface area contributed by atoms with Gasteiger partial charge in [-0.05, 0) is 153 Å². The minimum absolute atomic E-state index is 0.00426. The maximum absolute atomic E-state index is 17.1. The molecule has 16 nitrogen and oxygen atoms in total. The summed E-state index contributed by atoms with van der Waals surface area (Å²) < 4.78 is 60.6. The highest BCUT2D eigenvalue weighted by Gasteiger charge is 2.52. The molecule has 6 unspecified atom stereocenters. The topological polar surface area (TPSA) is 173 Å². The number of phenols is 2. The van der Waals surface area contributed by atoms with Crippen molar-refractivity contribution in [2.24, 2.45) is 0 Å². The SMILES string of the molecule is C#Cc1c(F)ccc2cc(O)cc(-c3cnc4c(N5CC6CCC(C5)N6)nc(OCC56CCCN5C(c5cc(F)c(C#C)c7c(-c8cnc9c(N%10CC%11CCC(C%10)N%11)nc(OC[C@@]%10%11CCCN%10C[C@H](F)C%11)nc9c8)cc(O)cc57)CC6)nc4c3)c12. The van der Waals surface area contributed by atoms with Crippen molar-refractivity contribution in [2.75, 3.05) is 68.8 Å². The molecule has 4 N–H and O–H groups in total. The Hall–Kier alpha value is -8.07. The molecule has 8 saturated heterocycles. The molecule has 0 aliphatic carbocycles. The van der Waals surface area contributed by atoms with Gasteiger partial charge in [0.2, 0.25) is 0 Å². The summed E-state index contributed by atoms with van der Waals surface area (Å²) in [7, 11) is 0. The van der Waals surface area contributed by atoms with Crippen LogP contribution in [0.25, 0.3) is 65.9 Å². The number of ether oxygens (including phenoxy) is 2. The first-order valence-corrected chi connectivity index (χ1v) is 30.1. The van der Waals surface area contributed by atoms with Gasteiger partial charge in [-0.25, -0.2) is 13.2 Å². The Labute approximate surface area is 489 Å². The number of halogens is 3. The first-order chi connectivity index (χ1) is 41.4. The van der Waals surface area contributed by atoms with Gasteiger partial charge in [0.1, 0.15) is 53.6 Å². The van der Waals surface area contributed by atoms with Crippen molar-refractivity contribution in [3.63, 3.8) is 0 Å². The predicted octanol–water partition coefficient (Wildman–Crippen LogP) is 9.24. The first kappa shape index (κ1) is 52.5. The van der Waals surface area contributed by atoms with Crippen LogP contribution in [0.15, 0.2) is 67.0 Å². The summed E-state index contributed by atoms with van der Waals surface area (Å²) in [6.07, 6.45) is 24.3. The number of benzene rings is 4. The number of phenolic OH excluding ortho intramolecular Hbond substituents is 2. The number of piperazine rings is 2. The lowest BCUT2D eigenvalue weighted by atomic mass is 9.88. The van der Waals surface area contributed by atoms with E-state index in [1.807, 2.05) is 12.1 Å². The summed E-state index contributed by atoms with van der Waals surface area (Å²) in [5, 5.41) is 32.3. The lowest BCUT2D eigenvalue weighted by Gasteiger charge is -2.36. The van der Waals surface area contributed by atoms with Gasteiger partial charge < -0.3 is 40.1 Å². The highest BCUT2D eigenvalue weighted by atomic mass is 19.1. The second-order valence-corrected chi connectivity index (χ2v) is 25.2. The number of terminal acetylenes is 2. The van der Waals surface area contributed by atoms with Gasteiger partial charge in [-0.2, -0.15) is 19.9 Å². The number of fused-ring (bicyclic) bond motifs is 10. The van der Waals surface area contributed by atoms with Crippen LogP contribution >= 0.6 is 0 Å². The Kier molecular flexibility index (Phi) is 12.4. The highest BCUT2D eigenvalue weighted by Crippen LogP contribution is 2.52. The normalized spacial score (nSPS) is 27.1. The molecule has 85 heavy (non-hydrogen) atoms. The van der Waals surface area contributed by atoms with Crippen LogP contribution in [0.3, 0.4) is 0 Å². The Morgan fingerprint density at radius 3 is 1.81 bits per heavy atom. The molecular weight excluding hydrogens is 1080 g/mol. The van der Waals surface area contributed by atoms with E-state index in [4.69, 9.17) is 52.2 Å². The zero-order chi connectivity index (χ0) is 57.5. The Morgan fingerprint density at radius 2 is 1.19 bits per heavy atom. The largest absolute Gasteiger partial charge is 0.508 e. The third-order valence-electron chi connectivity index (χ3n) is 20.2. The van der Waals surface area contributed by atoms with Crippen molar-refractivity contribution in [1.29, 1.82) is 0 Å². The van der Waals surface area contributed by atoms with Crippen molar-refractivity contribution >= 4 is 55.2 Å². The molecule has 4 bridgehead atoms.